The van der Waals surface area contributed by atoms with Gasteiger partial charge in [0.1, 0.15) is 5.65 Å². The number of H-pyrrole nitrogens is 1. The Kier molecular flexibility index (Phi) is 6.39. The van der Waals surface area contributed by atoms with Gasteiger partial charge in [0.25, 0.3) is 0 Å². The van der Waals surface area contributed by atoms with Gasteiger partial charge in [0.2, 0.25) is 0 Å². The lowest BCUT2D eigenvalue weighted by Gasteiger charge is -2.28. The van der Waals surface area contributed by atoms with E-state index in [-0.39, 0.29) is 0 Å². The average Bonchev–Trinajstić information content (AvgIpc) is 3.39. The summed E-state index contributed by atoms with van der Waals surface area (Å²) in [5.74, 6) is 0. The predicted octanol–water partition coefficient (Wildman–Crippen LogP) is 4.44. The van der Waals surface area contributed by atoms with Gasteiger partial charge in [-0.1, -0.05) is 24.3 Å². The van der Waals surface area contributed by atoms with E-state index in [1.165, 1.54) is 5.69 Å². The van der Waals surface area contributed by atoms with Gasteiger partial charge in [0.15, 0.2) is 0 Å². The third-order valence-electron chi connectivity index (χ3n) is 7.13. The van der Waals surface area contributed by atoms with E-state index in [2.05, 4.69) is 68.3 Å². The first kappa shape index (κ1) is 22.7. The molecule has 7 heteroatoms. The summed E-state index contributed by atoms with van der Waals surface area (Å²) >= 11 is 0. The lowest BCUT2D eigenvalue weighted by atomic mass is 9.98. The molecule has 182 valence electrons. The maximum atomic E-state index is 9.88. The summed E-state index contributed by atoms with van der Waals surface area (Å²) < 4.78 is 10.9. The van der Waals surface area contributed by atoms with Crippen LogP contribution in [0, 0.1) is 11.3 Å². The van der Waals surface area contributed by atoms with Crippen LogP contribution in [0.25, 0.3) is 33.4 Å². The highest BCUT2D eigenvalue weighted by molar-refractivity contribution is 5.96. The standard InChI is InChI=1S/C29H29N5O2/c30-19-24-17-22(1-2-23(24)20-33-9-13-35-14-10-33)26-7-8-31-29-27(26)18-28(32-29)21-3-5-25(6-4-21)34-11-15-36-16-12-34/h1-8,17-18H,9-16,20H2,(H,31,32). The molecule has 0 spiro atoms. The molecule has 2 saturated heterocycles. The Balaban J connectivity index is 1.29. The summed E-state index contributed by atoms with van der Waals surface area (Å²) in [5.41, 5.74) is 8.09. The number of pyridine rings is 1. The van der Waals surface area contributed by atoms with Gasteiger partial charge in [-0.25, -0.2) is 4.98 Å². The van der Waals surface area contributed by atoms with Crippen molar-refractivity contribution in [3.63, 3.8) is 0 Å². The predicted molar refractivity (Wildman–Crippen MR) is 141 cm³/mol. The Labute approximate surface area is 210 Å². The zero-order valence-corrected chi connectivity index (χ0v) is 20.2. The van der Waals surface area contributed by atoms with E-state index >= 15 is 0 Å². The highest BCUT2D eigenvalue weighted by atomic mass is 16.5. The minimum absolute atomic E-state index is 0.721. The summed E-state index contributed by atoms with van der Waals surface area (Å²) in [5, 5.41) is 10.9. The number of fused-ring (bicyclic) bond motifs is 1. The monoisotopic (exact) mass is 479 g/mol. The summed E-state index contributed by atoms with van der Waals surface area (Å²) in [7, 11) is 0. The van der Waals surface area contributed by atoms with Gasteiger partial charge >= 0.3 is 0 Å². The van der Waals surface area contributed by atoms with E-state index < -0.39 is 0 Å². The van der Waals surface area contributed by atoms with E-state index in [1.807, 2.05) is 18.3 Å². The van der Waals surface area contributed by atoms with Gasteiger partial charge in [-0.3, -0.25) is 4.90 Å². The molecule has 0 amide bonds. The fourth-order valence-electron chi connectivity index (χ4n) is 5.09. The van der Waals surface area contributed by atoms with Crippen molar-refractivity contribution in [2.24, 2.45) is 0 Å². The average molecular weight is 480 g/mol. The SMILES string of the molecule is N#Cc1cc(-c2ccnc3[nH]c(-c4ccc(N5CCOCC5)cc4)cc23)ccc1CN1CCOCC1. The number of ether oxygens (including phenoxy) is 2. The largest absolute Gasteiger partial charge is 0.379 e. The van der Waals surface area contributed by atoms with E-state index in [1.54, 1.807) is 0 Å². The number of nitriles is 1. The number of morpholine rings is 2. The molecule has 0 radical (unpaired) electrons. The van der Waals surface area contributed by atoms with Crippen molar-refractivity contribution >= 4 is 16.7 Å². The molecule has 36 heavy (non-hydrogen) atoms. The highest BCUT2D eigenvalue weighted by Crippen LogP contribution is 2.33. The second-order valence-corrected chi connectivity index (χ2v) is 9.32. The number of nitrogens with zero attached hydrogens (tertiary/aromatic N) is 4. The van der Waals surface area contributed by atoms with Gasteiger partial charge in [-0.05, 0) is 52.6 Å². The quantitative estimate of drug-likeness (QED) is 0.456. The van der Waals surface area contributed by atoms with Crippen molar-refractivity contribution in [2.75, 3.05) is 57.5 Å². The molecule has 4 heterocycles. The zero-order chi connectivity index (χ0) is 24.3. The lowest BCUT2D eigenvalue weighted by molar-refractivity contribution is 0.0341. The van der Waals surface area contributed by atoms with Crippen molar-refractivity contribution < 1.29 is 9.47 Å². The maximum absolute atomic E-state index is 9.88. The minimum atomic E-state index is 0.721. The van der Waals surface area contributed by atoms with Crippen LogP contribution in [0.1, 0.15) is 11.1 Å². The van der Waals surface area contributed by atoms with E-state index in [0.29, 0.717) is 0 Å². The second-order valence-electron chi connectivity index (χ2n) is 9.32. The third-order valence-corrected chi connectivity index (χ3v) is 7.13. The van der Waals surface area contributed by atoms with Crippen LogP contribution in [0.3, 0.4) is 0 Å². The molecule has 0 aliphatic carbocycles. The molecule has 4 aromatic rings. The van der Waals surface area contributed by atoms with Crippen LogP contribution in [0.15, 0.2) is 60.8 Å². The Morgan fingerprint density at radius 2 is 1.58 bits per heavy atom. The van der Waals surface area contributed by atoms with Crippen LogP contribution in [-0.2, 0) is 16.0 Å². The molecule has 0 bridgehead atoms. The van der Waals surface area contributed by atoms with Gasteiger partial charge in [-0.2, -0.15) is 5.26 Å². The summed E-state index contributed by atoms with van der Waals surface area (Å²) in [6.07, 6.45) is 1.83. The highest BCUT2D eigenvalue weighted by Gasteiger charge is 2.16. The number of hydrogen-bond donors (Lipinski definition) is 1. The first-order chi connectivity index (χ1) is 17.8. The van der Waals surface area contributed by atoms with Crippen molar-refractivity contribution in [1.82, 2.24) is 14.9 Å². The smallest absolute Gasteiger partial charge is 0.138 e. The Hall–Kier alpha value is -3.70. The molecule has 1 N–H and O–H groups in total. The summed E-state index contributed by atoms with van der Waals surface area (Å²) in [6, 6.07) is 21.5. The minimum Gasteiger partial charge on any atom is -0.379 e. The number of rotatable bonds is 5. The van der Waals surface area contributed by atoms with Crippen LogP contribution >= 0.6 is 0 Å². The van der Waals surface area contributed by atoms with Gasteiger partial charge in [-0.15, -0.1) is 0 Å². The van der Waals surface area contributed by atoms with Crippen molar-refractivity contribution in [3.05, 3.63) is 71.9 Å². The molecule has 0 unspecified atom stereocenters. The molecular formula is C29H29N5O2. The lowest BCUT2D eigenvalue weighted by Crippen LogP contribution is -2.36. The Morgan fingerprint density at radius 1 is 0.861 bits per heavy atom. The van der Waals surface area contributed by atoms with E-state index in [0.717, 1.165) is 104 Å². The van der Waals surface area contributed by atoms with Gasteiger partial charge in [0, 0.05) is 55.7 Å². The zero-order valence-electron chi connectivity index (χ0n) is 20.2. The fraction of sp³-hybridized carbons (Fsp3) is 0.310. The van der Waals surface area contributed by atoms with Crippen LogP contribution in [0.5, 0.6) is 0 Å². The van der Waals surface area contributed by atoms with Crippen LogP contribution < -0.4 is 4.90 Å². The van der Waals surface area contributed by atoms with Crippen LogP contribution in [-0.4, -0.2) is 67.5 Å². The molecule has 2 aromatic heterocycles. The van der Waals surface area contributed by atoms with Gasteiger partial charge in [0.05, 0.1) is 38.1 Å². The topological polar surface area (TPSA) is 77.4 Å². The first-order valence-electron chi connectivity index (χ1n) is 12.5. The van der Waals surface area contributed by atoms with Crippen LogP contribution in [0.2, 0.25) is 0 Å². The molecular weight excluding hydrogens is 450 g/mol. The fourth-order valence-corrected chi connectivity index (χ4v) is 5.09. The number of benzene rings is 2. The van der Waals surface area contributed by atoms with Crippen molar-refractivity contribution in [3.8, 4) is 28.5 Å². The molecule has 2 fully saturated rings. The molecule has 7 nitrogen and oxygen atoms in total. The van der Waals surface area contributed by atoms with Crippen molar-refractivity contribution in [2.45, 2.75) is 6.54 Å². The number of anilines is 1. The molecule has 0 saturated carbocycles. The molecule has 6 rings (SSSR count). The summed E-state index contributed by atoms with van der Waals surface area (Å²) in [4.78, 5) is 12.8. The molecule has 0 atom stereocenters. The van der Waals surface area contributed by atoms with Gasteiger partial charge < -0.3 is 19.4 Å². The van der Waals surface area contributed by atoms with Crippen LogP contribution in [0.4, 0.5) is 5.69 Å². The molecule has 2 aliphatic heterocycles. The third kappa shape index (κ3) is 4.59. The normalized spacial score (nSPS) is 16.8. The Bertz CT molecular complexity index is 1390. The number of aromatic amines is 1. The Morgan fingerprint density at radius 3 is 2.33 bits per heavy atom. The van der Waals surface area contributed by atoms with E-state index in [4.69, 9.17) is 9.47 Å². The van der Waals surface area contributed by atoms with E-state index in [9.17, 15) is 5.26 Å². The number of nitrogens with one attached hydrogen (secondary N) is 1. The summed E-state index contributed by atoms with van der Waals surface area (Å²) in [6.45, 7) is 7.48. The second kappa shape index (κ2) is 10.1. The molecule has 2 aromatic carbocycles. The maximum Gasteiger partial charge on any atom is 0.138 e. The van der Waals surface area contributed by atoms with Crippen molar-refractivity contribution in [1.29, 1.82) is 5.26 Å². The molecule has 2 aliphatic rings. The number of aromatic nitrogens is 2. The first-order valence-corrected chi connectivity index (χ1v) is 12.5. The number of hydrogen-bond acceptors (Lipinski definition) is 6.